The van der Waals surface area contributed by atoms with E-state index in [0.29, 0.717) is 0 Å². The number of allylic oxidation sites excluding steroid dienone is 1. The zero-order valence-corrected chi connectivity index (χ0v) is 11.6. The molecule has 0 saturated carbocycles. The molecule has 0 aliphatic heterocycles. The highest BCUT2D eigenvalue weighted by Gasteiger charge is 2.13. The summed E-state index contributed by atoms with van der Waals surface area (Å²) in [5, 5.41) is 0. The molecule has 102 valence electrons. The molecule has 0 spiro atoms. The Balaban J connectivity index is 2.18. The van der Waals surface area contributed by atoms with Crippen LogP contribution in [-0.2, 0) is 6.42 Å². The third kappa shape index (κ3) is 2.72. The van der Waals surface area contributed by atoms with E-state index in [0.717, 1.165) is 34.6 Å². The van der Waals surface area contributed by atoms with Crippen molar-refractivity contribution in [2.75, 3.05) is 0 Å². The third-order valence-corrected chi connectivity index (χ3v) is 3.23. The summed E-state index contributed by atoms with van der Waals surface area (Å²) in [6.45, 7) is 3.81. The molecule has 0 saturated heterocycles. The Bertz CT molecular complexity index is 751. The van der Waals surface area contributed by atoms with Gasteiger partial charge in [0, 0.05) is 24.2 Å². The minimum Gasteiger partial charge on any atom is -0.256 e. The molecule has 3 heterocycles. The van der Waals surface area contributed by atoms with E-state index in [9.17, 15) is 0 Å². The van der Waals surface area contributed by atoms with Crippen molar-refractivity contribution in [1.82, 2.24) is 15.0 Å². The predicted molar refractivity (Wildman–Crippen MR) is 84.6 cm³/mol. The summed E-state index contributed by atoms with van der Waals surface area (Å²) in [4.78, 5) is 13.5. The van der Waals surface area contributed by atoms with Crippen molar-refractivity contribution in [3.8, 4) is 22.6 Å². The van der Waals surface area contributed by atoms with E-state index in [2.05, 4.69) is 27.6 Å². The fourth-order valence-electron chi connectivity index (χ4n) is 2.29. The van der Waals surface area contributed by atoms with E-state index >= 15 is 0 Å². The molecule has 0 aliphatic carbocycles. The Morgan fingerprint density at radius 2 is 1.57 bits per heavy atom. The van der Waals surface area contributed by atoms with Crippen LogP contribution in [0, 0.1) is 0 Å². The van der Waals surface area contributed by atoms with Gasteiger partial charge in [-0.2, -0.15) is 0 Å². The average molecular weight is 273 g/mol. The molecule has 0 fully saturated rings. The molecule has 3 aromatic heterocycles. The van der Waals surface area contributed by atoms with Crippen molar-refractivity contribution in [2.45, 2.75) is 6.42 Å². The van der Waals surface area contributed by atoms with Gasteiger partial charge >= 0.3 is 0 Å². The van der Waals surface area contributed by atoms with E-state index in [-0.39, 0.29) is 0 Å². The highest BCUT2D eigenvalue weighted by molar-refractivity contribution is 5.78. The van der Waals surface area contributed by atoms with Crippen LogP contribution in [0.4, 0.5) is 0 Å². The van der Waals surface area contributed by atoms with Gasteiger partial charge in [-0.05, 0) is 42.3 Å². The van der Waals surface area contributed by atoms with Crippen molar-refractivity contribution in [1.29, 1.82) is 0 Å². The first kappa shape index (κ1) is 13.2. The molecule has 3 aromatic rings. The first-order valence-corrected chi connectivity index (χ1v) is 6.81. The maximum Gasteiger partial charge on any atom is 0.0982 e. The van der Waals surface area contributed by atoms with Gasteiger partial charge in [0.2, 0.25) is 0 Å². The standard InChI is InChI=1S/C18H15N3/c1-2-7-14-8-5-12-20-17(14)18-15(9-6-13-21-18)16-10-3-4-11-19-16/h2-6,8-13H,1,7H2. The topological polar surface area (TPSA) is 38.7 Å². The fraction of sp³-hybridized carbons (Fsp3) is 0.0556. The second-order valence-corrected chi connectivity index (χ2v) is 4.62. The minimum absolute atomic E-state index is 0.765. The van der Waals surface area contributed by atoms with Crippen LogP contribution in [0.15, 0.2) is 73.7 Å². The molecule has 0 N–H and O–H groups in total. The molecule has 0 unspecified atom stereocenters. The van der Waals surface area contributed by atoms with Crippen molar-refractivity contribution >= 4 is 0 Å². The third-order valence-electron chi connectivity index (χ3n) is 3.23. The first-order chi connectivity index (χ1) is 10.4. The van der Waals surface area contributed by atoms with Crippen molar-refractivity contribution in [2.24, 2.45) is 0 Å². The first-order valence-electron chi connectivity index (χ1n) is 6.81. The summed E-state index contributed by atoms with van der Waals surface area (Å²) in [6.07, 6.45) is 8.01. The lowest BCUT2D eigenvalue weighted by Crippen LogP contribution is -1.97. The Kier molecular flexibility index (Phi) is 3.83. The van der Waals surface area contributed by atoms with Crippen LogP contribution in [0.2, 0.25) is 0 Å². The van der Waals surface area contributed by atoms with Gasteiger partial charge in [0.25, 0.3) is 0 Å². The number of hydrogen-bond donors (Lipinski definition) is 0. The molecule has 3 rings (SSSR count). The highest BCUT2D eigenvalue weighted by atomic mass is 14.8. The zero-order valence-electron chi connectivity index (χ0n) is 11.6. The van der Waals surface area contributed by atoms with Gasteiger partial charge in [0.15, 0.2) is 0 Å². The Hall–Kier alpha value is -2.81. The smallest absolute Gasteiger partial charge is 0.0982 e. The fourth-order valence-corrected chi connectivity index (χ4v) is 2.29. The van der Waals surface area contributed by atoms with Gasteiger partial charge in [0.05, 0.1) is 17.1 Å². The number of pyridine rings is 3. The van der Waals surface area contributed by atoms with Gasteiger partial charge in [-0.3, -0.25) is 15.0 Å². The van der Waals surface area contributed by atoms with E-state index in [1.807, 2.05) is 42.5 Å². The second kappa shape index (κ2) is 6.09. The van der Waals surface area contributed by atoms with Crippen LogP contribution >= 0.6 is 0 Å². The number of nitrogens with zero attached hydrogens (tertiary/aromatic N) is 3. The molecule has 0 atom stereocenters. The lowest BCUT2D eigenvalue weighted by molar-refractivity contribution is 1.16. The summed E-state index contributed by atoms with van der Waals surface area (Å²) in [6, 6.07) is 13.8. The summed E-state index contributed by atoms with van der Waals surface area (Å²) in [5.74, 6) is 0. The Labute approximate surface area is 124 Å². The summed E-state index contributed by atoms with van der Waals surface area (Å²) < 4.78 is 0. The van der Waals surface area contributed by atoms with E-state index < -0.39 is 0 Å². The largest absolute Gasteiger partial charge is 0.256 e. The molecular formula is C18H15N3. The number of rotatable bonds is 4. The summed E-state index contributed by atoms with van der Waals surface area (Å²) >= 11 is 0. The average Bonchev–Trinajstić information content (AvgIpc) is 2.57. The van der Waals surface area contributed by atoms with Crippen molar-refractivity contribution < 1.29 is 0 Å². The van der Waals surface area contributed by atoms with Gasteiger partial charge in [-0.1, -0.05) is 18.2 Å². The zero-order chi connectivity index (χ0) is 14.5. The van der Waals surface area contributed by atoms with E-state index in [1.165, 1.54) is 0 Å². The summed E-state index contributed by atoms with van der Waals surface area (Å²) in [5.41, 5.74) is 4.74. The van der Waals surface area contributed by atoms with Crippen LogP contribution in [-0.4, -0.2) is 15.0 Å². The molecule has 3 nitrogen and oxygen atoms in total. The SMILES string of the molecule is C=CCc1cccnc1-c1ncccc1-c1ccccn1. The number of hydrogen-bond acceptors (Lipinski definition) is 3. The molecular weight excluding hydrogens is 258 g/mol. The van der Waals surface area contributed by atoms with E-state index in [1.54, 1.807) is 18.6 Å². The lowest BCUT2D eigenvalue weighted by atomic mass is 10.0. The highest BCUT2D eigenvalue weighted by Crippen LogP contribution is 2.29. The molecule has 0 amide bonds. The van der Waals surface area contributed by atoms with Gasteiger partial charge in [0.1, 0.15) is 0 Å². The normalized spacial score (nSPS) is 10.3. The predicted octanol–water partition coefficient (Wildman–Crippen LogP) is 3.93. The maximum absolute atomic E-state index is 4.53. The summed E-state index contributed by atoms with van der Waals surface area (Å²) in [7, 11) is 0. The molecule has 0 bridgehead atoms. The van der Waals surface area contributed by atoms with Crippen LogP contribution in [0.25, 0.3) is 22.6 Å². The molecule has 21 heavy (non-hydrogen) atoms. The van der Waals surface area contributed by atoms with E-state index in [4.69, 9.17) is 0 Å². The molecule has 3 heteroatoms. The monoisotopic (exact) mass is 273 g/mol. The Morgan fingerprint density at radius 1 is 0.810 bits per heavy atom. The Morgan fingerprint density at radius 3 is 2.33 bits per heavy atom. The van der Waals surface area contributed by atoms with Crippen LogP contribution in [0.1, 0.15) is 5.56 Å². The number of aromatic nitrogens is 3. The van der Waals surface area contributed by atoms with Crippen molar-refractivity contribution in [3.63, 3.8) is 0 Å². The maximum atomic E-state index is 4.53. The van der Waals surface area contributed by atoms with Crippen LogP contribution in [0.3, 0.4) is 0 Å². The van der Waals surface area contributed by atoms with Crippen molar-refractivity contribution in [3.05, 3.63) is 79.3 Å². The van der Waals surface area contributed by atoms with Gasteiger partial charge in [-0.15, -0.1) is 6.58 Å². The lowest BCUT2D eigenvalue weighted by Gasteiger charge is -2.10. The minimum atomic E-state index is 0.765. The van der Waals surface area contributed by atoms with Crippen LogP contribution < -0.4 is 0 Å². The van der Waals surface area contributed by atoms with Gasteiger partial charge < -0.3 is 0 Å². The quantitative estimate of drug-likeness (QED) is 0.676. The van der Waals surface area contributed by atoms with Gasteiger partial charge in [-0.25, -0.2) is 0 Å². The molecule has 0 radical (unpaired) electrons. The van der Waals surface area contributed by atoms with Crippen LogP contribution in [0.5, 0.6) is 0 Å². The molecule has 0 aliphatic rings. The second-order valence-electron chi connectivity index (χ2n) is 4.62. The molecule has 0 aromatic carbocycles.